The summed E-state index contributed by atoms with van der Waals surface area (Å²) in [5.41, 5.74) is -1.38. The summed E-state index contributed by atoms with van der Waals surface area (Å²) in [6.45, 7) is 0. The first-order chi connectivity index (χ1) is 5.90. The van der Waals surface area contributed by atoms with Crippen molar-refractivity contribution in [3.8, 4) is 0 Å². The molecular formula is C7H5Cl3O3. The van der Waals surface area contributed by atoms with Gasteiger partial charge < -0.3 is 0 Å². The van der Waals surface area contributed by atoms with E-state index >= 15 is 0 Å². The third kappa shape index (κ3) is 1.73. The summed E-state index contributed by atoms with van der Waals surface area (Å²) in [6.07, 6.45) is 0.0556. The molecule has 1 rings (SSSR count). The van der Waals surface area contributed by atoms with Gasteiger partial charge in [-0.05, 0) is 47.6 Å². The first kappa shape index (κ1) is 11.0. The molecule has 0 aromatic rings. The maximum absolute atomic E-state index is 10.9. The SMILES string of the molecule is O=C(Cl)C1CC(C(=O)Cl)(C(=O)Cl)C1. The summed E-state index contributed by atoms with van der Waals surface area (Å²) in [4.78, 5) is 32.3. The van der Waals surface area contributed by atoms with Gasteiger partial charge in [0.1, 0.15) is 5.41 Å². The van der Waals surface area contributed by atoms with Crippen LogP contribution in [0.1, 0.15) is 12.8 Å². The minimum absolute atomic E-state index is 0.0278. The highest BCUT2D eigenvalue weighted by molar-refractivity contribution is 6.75. The highest BCUT2D eigenvalue weighted by atomic mass is 35.5. The van der Waals surface area contributed by atoms with E-state index in [1.807, 2.05) is 0 Å². The Morgan fingerprint density at radius 3 is 1.62 bits per heavy atom. The van der Waals surface area contributed by atoms with Gasteiger partial charge in [-0.15, -0.1) is 0 Å². The minimum atomic E-state index is -1.38. The summed E-state index contributed by atoms with van der Waals surface area (Å²) >= 11 is 15.6. The van der Waals surface area contributed by atoms with E-state index in [0.29, 0.717) is 0 Å². The minimum Gasteiger partial charge on any atom is -0.281 e. The van der Waals surface area contributed by atoms with E-state index in [-0.39, 0.29) is 12.8 Å². The van der Waals surface area contributed by atoms with Gasteiger partial charge in [0.2, 0.25) is 15.7 Å². The van der Waals surface area contributed by atoms with Crippen LogP contribution in [0.4, 0.5) is 0 Å². The maximum Gasteiger partial charge on any atom is 0.236 e. The Morgan fingerprint density at radius 1 is 1.00 bits per heavy atom. The van der Waals surface area contributed by atoms with Crippen molar-refractivity contribution in [1.82, 2.24) is 0 Å². The zero-order chi connectivity index (χ0) is 10.2. The Balaban J connectivity index is 2.75. The van der Waals surface area contributed by atoms with Crippen molar-refractivity contribution in [3.05, 3.63) is 0 Å². The fraction of sp³-hybridized carbons (Fsp3) is 0.571. The van der Waals surface area contributed by atoms with Crippen LogP contribution < -0.4 is 0 Å². The Kier molecular flexibility index (Phi) is 3.00. The molecule has 0 spiro atoms. The number of carbonyl (C=O) groups is 3. The van der Waals surface area contributed by atoms with Crippen LogP contribution in [-0.2, 0) is 14.4 Å². The van der Waals surface area contributed by atoms with E-state index in [4.69, 9.17) is 34.8 Å². The Morgan fingerprint density at radius 2 is 1.38 bits per heavy atom. The van der Waals surface area contributed by atoms with E-state index in [2.05, 4.69) is 0 Å². The largest absolute Gasteiger partial charge is 0.281 e. The first-order valence-corrected chi connectivity index (χ1v) is 4.63. The van der Waals surface area contributed by atoms with E-state index in [1.165, 1.54) is 0 Å². The molecule has 0 atom stereocenters. The summed E-state index contributed by atoms with van der Waals surface area (Å²) in [7, 11) is 0. The highest BCUT2D eigenvalue weighted by Gasteiger charge is 2.56. The fourth-order valence-corrected chi connectivity index (χ4v) is 2.02. The fourth-order valence-electron chi connectivity index (χ4n) is 1.34. The van der Waals surface area contributed by atoms with Crippen LogP contribution in [0.25, 0.3) is 0 Å². The first-order valence-electron chi connectivity index (χ1n) is 3.49. The van der Waals surface area contributed by atoms with Gasteiger partial charge in [-0.2, -0.15) is 0 Å². The topological polar surface area (TPSA) is 51.2 Å². The van der Waals surface area contributed by atoms with Gasteiger partial charge >= 0.3 is 0 Å². The highest BCUT2D eigenvalue weighted by Crippen LogP contribution is 2.49. The third-order valence-corrected chi connectivity index (χ3v) is 3.30. The summed E-state index contributed by atoms with van der Waals surface area (Å²) in [6, 6.07) is 0. The Bertz CT molecular complexity index is 265. The predicted octanol–water partition coefficient (Wildman–Crippen LogP) is 1.68. The van der Waals surface area contributed by atoms with Crippen molar-refractivity contribution >= 4 is 50.5 Å². The molecule has 1 aliphatic carbocycles. The van der Waals surface area contributed by atoms with Crippen LogP contribution in [0.5, 0.6) is 0 Å². The molecule has 0 aliphatic heterocycles. The number of hydrogen-bond donors (Lipinski definition) is 0. The van der Waals surface area contributed by atoms with E-state index < -0.39 is 27.1 Å². The monoisotopic (exact) mass is 242 g/mol. The molecule has 13 heavy (non-hydrogen) atoms. The zero-order valence-electron chi connectivity index (χ0n) is 6.35. The normalized spacial score (nSPS) is 20.5. The Labute approximate surface area is 89.3 Å². The molecule has 6 heteroatoms. The van der Waals surface area contributed by atoms with Crippen LogP contribution >= 0.6 is 34.8 Å². The van der Waals surface area contributed by atoms with Crippen LogP contribution in [0.15, 0.2) is 0 Å². The molecule has 0 radical (unpaired) electrons. The zero-order valence-corrected chi connectivity index (χ0v) is 8.62. The standard InChI is InChI=1S/C7H5Cl3O3/c8-4(11)3-1-7(2-3,5(9)12)6(10)13/h3H,1-2H2. The van der Waals surface area contributed by atoms with Gasteiger partial charge in [0.05, 0.1) is 0 Å². The predicted molar refractivity (Wildman–Crippen MR) is 47.7 cm³/mol. The van der Waals surface area contributed by atoms with E-state index in [9.17, 15) is 14.4 Å². The van der Waals surface area contributed by atoms with Crippen molar-refractivity contribution in [2.75, 3.05) is 0 Å². The maximum atomic E-state index is 10.9. The van der Waals surface area contributed by atoms with E-state index in [1.54, 1.807) is 0 Å². The molecule has 0 aromatic heterocycles. The van der Waals surface area contributed by atoms with Gasteiger partial charge in [0, 0.05) is 5.92 Å². The van der Waals surface area contributed by atoms with Crippen LogP contribution in [0.2, 0.25) is 0 Å². The molecule has 1 saturated carbocycles. The van der Waals surface area contributed by atoms with Crippen LogP contribution in [0.3, 0.4) is 0 Å². The molecular weight excluding hydrogens is 238 g/mol. The van der Waals surface area contributed by atoms with Gasteiger partial charge in [0.15, 0.2) is 0 Å². The number of rotatable bonds is 3. The lowest BCUT2D eigenvalue weighted by Gasteiger charge is -2.39. The summed E-state index contributed by atoms with van der Waals surface area (Å²) in [5, 5.41) is -2.20. The molecule has 1 aliphatic rings. The lowest BCUT2D eigenvalue weighted by Crippen LogP contribution is -2.48. The van der Waals surface area contributed by atoms with Crippen molar-refractivity contribution < 1.29 is 14.4 Å². The molecule has 0 saturated heterocycles. The van der Waals surface area contributed by atoms with Gasteiger partial charge in [-0.3, -0.25) is 14.4 Å². The molecule has 72 valence electrons. The van der Waals surface area contributed by atoms with Crippen molar-refractivity contribution in [1.29, 1.82) is 0 Å². The quantitative estimate of drug-likeness (QED) is 0.560. The Hall–Kier alpha value is -0.120. The molecule has 0 aromatic carbocycles. The molecule has 3 nitrogen and oxygen atoms in total. The molecule has 0 bridgehead atoms. The average Bonchev–Trinajstić information content (AvgIpc) is 1.80. The summed E-state index contributed by atoms with van der Waals surface area (Å²) in [5.74, 6) is -0.480. The van der Waals surface area contributed by atoms with Gasteiger partial charge in [-0.1, -0.05) is 0 Å². The van der Waals surface area contributed by atoms with Crippen molar-refractivity contribution in [3.63, 3.8) is 0 Å². The molecule has 0 N–H and O–H groups in total. The van der Waals surface area contributed by atoms with E-state index in [0.717, 1.165) is 0 Å². The lowest BCUT2D eigenvalue weighted by molar-refractivity contribution is -0.142. The van der Waals surface area contributed by atoms with Gasteiger partial charge in [0.25, 0.3) is 0 Å². The average molecular weight is 243 g/mol. The summed E-state index contributed by atoms with van der Waals surface area (Å²) < 4.78 is 0. The second kappa shape index (κ2) is 3.56. The van der Waals surface area contributed by atoms with Crippen LogP contribution in [0, 0.1) is 11.3 Å². The third-order valence-electron chi connectivity index (χ3n) is 2.26. The van der Waals surface area contributed by atoms with Crippen LogP contribution in [-0.4, -0.2) is 15.7 Å². The van der Waals surface area contributed by atoms with Gasteiger partial charge in [-0.25, -0.2) is 0 Å². The number of carbonyl (C=O) groups excluding carboxylic acids is 3. The molecule has 0 unspecified atom stereocenters. The molecule has 1 fully saturated rings. The second-order valence-electron chi connectivity index (χ2n) is 3.04. The lowest BCUT2D eigenvalue weighted by atomic mass is 9.64. The molecule has 0 heterocycles. The number of halogens is 3. The van der Waals surface area contributed by atoms with Crippen molar-refractivity contribution in [2.24, 2.45) is 11.3 Å². The molecule has 0 amide bonds. The van der Waals surface area contributed by atoms with Crippen molar-refractivity contribution in [2.45, 2.75) is 12.8 Å². The number of hydrogen-bond acceptors (Lipinski definition) is 3. The smallest absolute Gasteiger partial charge is 0.236 e. The second-order valence-corrected chi connectivity index (χ2v) is 4.10.